The standard InChI is InChI=1S/C14H20N2O3/c1-4-15-7-6-8-16(5-2)12-10(15)9-11(17)13(18)14(12)19-3/h9H,4-8H2,1-3H3. The summed E-state index contributed by atoms with van der Waals surface area (Å²) in [6, 6.07) is 0. The number of Topliss-reactive ketones (excluding diaryl/α,β-unsaturated/α-hetero) is 1. The van der Waals surface area contributed by atoms with Gasteiger partial charge in [-0.15, -0.1) is 0 Å². The second kappa shape index (κ2) is 5.47. The Hall–Kier alpha value is -1.78. The van der Waals surface area contributed by atoms with E-state index in [1.54, 1.807) is 0 Å². The minimum atomic E-state index is -0.544. The van der Waals surface area contributed by atoms with E-state index in [1.165, 1.54) is 13.2 Å². The minimum Gasteiger partial charge on any atom is -0.491 e. The Labute approximate surface area is 113 Å². The molecule has 0 aromatic heterocycles. The van der Waals surface area contributed by atoms with Crippen molar-refractivity contribution in [2.75, 3.05) is 33.3 Å². The summed E-state index contributed by atoms with van der Waals surface area (Å²) in [4.78, 5) is 28.0. The number of methoxy groups -OCH3 is 1. The molecule has 0 aromatic carbocycles. The Kier molecular flexibility index (Phi) is 3.93. The van der Waals surface area contributed by atoms with Crippen LogP contribution in [-0.4, -0.2) is 54.7 Å². The van der Waals surface area contributed by atoms with Gasteiger partial charge in [-0.3, -0.25) is 9.59 Å². The maximum atomic E-state index is 12.0. The molecule has 0 amide bonds. The molecule has 1 heterocycles. The van der Waals surface area contributed by atoms with E-state index in [4.69, 9.17) is 4.74 Å². The van der Waals surface area contributed by atoms with Crippen LogP contribution in [0.4, 0.5) is 0 Å². The summed E-state index contributed by atoms with van der Waals surface area (Å²) in [5, 5.41) is 0. The summed E-state index contributed by atoms with van der Waals surface area (Å²) < 4.78 is 5.22. The monoisotopic (exact) mass is 264 g/mol. The highest BCUT2D eigenvalue weighted by Gasteiger charge is 2.35. The van der Waals surface area contributed by atoms with Crippen LogP contribution in [0.5, 0.6) is 0 Å². The molecule has 1 fully saturated rings. The van der Waals surface area contributed by atoms with Crippen LogP contribution in [0, 0.1) is 0 Å². The van der Waals surface area contributed by atoms with E-state index in [-0.39, 0.29) is 5.76 Å². The fourth-order valence-electron chi connectivity index (χ4n) is 2.66. The molecule has 1 aliphatic carbocycles. The van der Waals surface area contributed by atoms with Gasteiger partial charge in [0, 0.05) is 32.3 Å². The quantitative estimate of drug-likeness (QED) is 0.560. The van der Waals surface area contributed by atoms with Gasteiger partial charge in [0.1, 0.15) is 5.70 Å². The first-order valence-corrected chi connectivity index (χ1v) is 6.72. The number of rotatable bonds is 3. The second-order valence-corrected chi connectivity index (χ2v) is 4.62. The van der Waals surface area contributed by atoms with Crippen molar-refractivity contribution in [1.29, 1.82) is 0 Å². The summed E-state index contributed by atoms with van der Waals surface area (Å²) in [5.41, 5.74) is 1.59. The van der Waals surface area contributed by atoms with E-state index in [0.717, 1.165) is 44.0 Å². The Balaban J connectivity index is 2.58. The molecule has 5 nitrogen and oxygen atoms in total. The smallest absolute Gasteiger partial charge is 0.269 e. The number of likely N-dealkylation sites (N-methyl/N-ethyl adjacent to an activating group) is 2. The number of ketones is 2. The Morgan fingerprint density at radius 3 is 2.37 bits per heavy atom. The number of hydrogen-bond acceptors (Lipinski definition) is 5. The van der Waals surface area contributed by atoms with Gasteiger partial charge in [0.05, 0.1) is 12.8 Å². The Morgan fingerprint density at radius 1 is 1.16 bits per heavy atom. The predicted octanol–water partition coefficient (Wildman–Crippen LogP) is 0.928. The van der Waals surface area contributed by atoms with Crippen LogP contribution < -0.4 is 0 Å². The summed E-state index contributed by atoms with van der Waals surface area (Å²) in [6.07, 6.45) is 2.46. The lowest BCUT2D eigenvalue weighted by molar-refractivity contribution is -0.133. The van der Waals surface area contributed by atoms with Gasteiger partial charge in [-0.2, -0.15) is 0 Å². The highest BCUT2D eigenvalue weighted by atomic mass is 16.5. The molecule has 0 saturated carbocycles. The van der Waals surface area contributed by atoms with E-state index in [1.807, 2.05) is 13.8 Å². The van der Waals surface area contributed by atoms with E-state index in [2.05, 4.69) is 9.80 Å². The zero-order chi connectivity index (χ0) is 14.0. The highest BCUT2D eigenvalue weighted by molar-refractivity contribution is 6.48. The van der Waals surface area contributed by atoms with E-state index in [0.29, 0.717) is 0 Å². The van der Waals surface area contributed by atoms with Gasteiger partial charge in [0.15, 0.2) is 5.76 Å². The van der Waals surface area contributed by atoms with Gasteiger partial charge in [0.25, 0.3) is 5.78 Å². The molecule has 2 rings (SSSR count). The first kappa shape index (κ1) is 13.6. The lowest BCUT2D eigenvalue weighted by Gasteiger charge is -2.31. The third-order valence-electron chi connectivity index (χ3n) is 3.64. The average molecular weight is 264 g/mol. The minimum absolute atomic E-state index is 0.185. The number of fused-ring (bicyclic) bond motifs is 1. The van der Waals surface area contributed by atoms with Crippen molar-refractivity contribution >= 4 is 11.6 Å². The van der Waals surface area contributed by atoms with Crippen LogP contribution in [0.2, 0.25) is 0 Å². The summed E-state index contributed by atoms with van der Waals surface area (Å²) >= 11 is 0. The number of nitrogens with zero attached hydrogens (tertiary/aromatic N) is 2. The zero-order valence-electron chi connectivity index (χ0n) is 11.7. The highest BCUT2D eigenvalue weighted by Crippen LogP contribution is 2.30. The van der Waals surface area contributed by atoms with Crippen LogP contribution in [0.3, 0.4) is 0 Å². The molecule has 1 aliphatic heterocycles. The normalized spacial score (nSPS) is 20.3. The van der Waals surface area contributed by atoms with Gasteiger partial charge in [-0.1, -0.05) is 0 Å². The third-order valence-corrected chi connectivity index (χ3v) is 3.64. The average Bonchev–Trinajstić information content (AvgIpc) is 2.59. The molecule has 104 valence electrons. The molecule has 0 spiro atoms. The molecular weight excluding hydrogens is 244 g/mol. The van der Waals surface area contributed by atoms with Crippen molar-refractivity contribution in [3.8, 4) is 0 Å². The Bertz CT molecular complexity index is 465. The van der Waals surface area contributed by atoms with Crippen LogP contribution in [0.15, 0.2) is 23.2 Å². The summed E-state index contributed by atoms with van der Waals surface area (Å²) in [6.45, 7) is 7.45. The molecule has 2 aliphatic rings. The van der Waals surface area contributed by atoms with Crippen LogP contribution in [0.25, 0.3) is 0 Å². The molecular formula is C14H20N2O3. The summed E-state index contributed by atoms with van der Waals surface area (Å²) in [5.74, 6) is -0.852. The van der Waals surface area contributed by atoms with E-state index in [9.17, 15) is 9.59 Å². The molecule has 0 atom stereocenters. The van der Waals surface area contributed by atoms with Crippen LogP contribution in [-0.2, 0) is 14.3 Å². The van der Waals surface area contributed by atoms with Crippen LogP contribution in [0.1, 0.15) is 20.3 Å². The van der Waals surface area contributed by atoms with E-state index >= 15 is 0 Å². The van der Waals surface area contributed by atoms with Crippen molar-refractivity contribution in [1.82, 2.24) is 9.80 Å². The Morgan fingerprint density at radius 2 is 1.79 bits per heavy atom. The zero-order valence-corrected chi connectivity index (χ0v) is 11.7. The maximum absolute atomic E-state index is 12.0. The first-order chi connectivity index (χ1) is 9.13. The topological polar surface area (TPSA) is 49.9 Å². The maximum Gasteiger partial charge on any atom is 0.269 e. The SMILES string of the molecule is CCN1CCCN(CC)C2=C(OC)C(=O)C(=O)C=C21. The number of carbonyl (C=O) groups is 2. The number of carbonyl (C=O) groups excluding carboxylic acids is 2. The molecule has 0 aromatic rings. The summed E-state index contributed by atoms with van der Waals surface area (Å²) in [7, 11) is 1.45. The molecule has 5 heteroatoms. The van der Waals surface area contributed by atoms with Gasteiger partial charge < -0.3 is 14.5 Å². The molecule has 0 radical (unpaired) electrons. The van der Waals surface area contributed by atoms with E-state index < -0.39 is 11.6 Å². The molecule has 1 saturated heterocycles. The third kappa shape index (κ3) is 2.25. The predicted molar refractivity (Wildman–Crippen MR) is 71.2 cm³/mol. The first-order valence-electron chi connectivity index (χ1n) is 6.72. The van der Waals surface area contributed by atoms with Crippen molar-refractivity contribution in [3.05, 3.63) is 23.2 Å². The fourth-order valence-corrected chi connectivity index (χ4v) is 2.66. The molecule has 0 bridgehead atoms. The number of allylic oxidation sites excluding steroid dienone is 2. The molecule has 0 N–H and O–H groups in total. The van der Waals surface area contributed by atoms with Crippen molar-refractivity contribution in [2.45, 2.75) is 20.3 Å². The van der Waals surface area contributed by atoms with Crippen molar-refractivity contribution in [2.24, 2.45) is 0 Å². The largest absolute Gasteiger partial charge is 0.491 e. The fraction of sp³-hybridized carbons (Fsp3) is 0.571. The lowest BCUT2D eigenvalue weighted by Crippen LogP contribution is -2.35. The molecule has 0 unspecified atom stereocenters. The van der Waals surface area contributed by atoms with Gasteiger partial charge in [0.2, 0.25) is 5.78 Å². The van der Waals surface area contributed by atoms with Crippen molar-refractivity contribution < 1.29 is 14.3 Å². The number of hydrogen-bond donors (Lipinski definition) is 0. The molecule has 19 heavy (non-hydrogen) atoms. The number of ether oxygens (including phenoxy) is 1. The van der Waals surface area contributed by atoms with Gasteiger partial charge >= 0.3 is 0 Å². The van der Waals surface area contributed by atoms with Gasteiger partial charge in [-0.25, -0.2) is 0 Å². The second-order valence-electron chi connectivity index (χ2n) is 4.62. The lowest BCUT2D eigenvalue weighted by atomic mass is 10.0. The van der Waals surface area contributed by atoms with Gasteiger partial charge in [-0.05, 0) is 20.3 Å². The van der Waals surface area contributed by atoms with Crippen molar-refractivity contribution in [3.63, 3.8) is 0 Å². The van der Waals surface area contributed by atoms with Crippen LogP contribution >= 0.6 is 0 Å².